The molecule has 0 fully saturated rings. The van der Waals surface area contributed by atoms with Crippen LogP contribution in [0.3, 0.4) is 0 Å². The van der Waals surface area contributed by atoms with Gasteiger partial charge in [0.25, 0.3) is 0 Å². The van der Waals surface area contributed by atoms with Crippen LogP contribution in [0.1, 0.15) is 38.3 Å². The van der Waals surface area contributed by atoms with E-state index in [4.69, 9.17) is 0 Å². The van der Waals surface area contributed by atoms with Gasteiger partial charge >= 0.3 is 0 Å². The molecular formula is C16H26N2O3S. The van der Waals surface area contributed by atoms with Crippen molar-refractivity contribution in [3.05, 3.63) is 29.3 Å². The van der Waals surface area contributed by atoms with Crippen LogP contribution in [0, 0.1) is 13.8 Å². The second-order valence-electron chi connectivity index (χ2n) is 5.84. The van der Waals surface area contributed by atoms with Crippen LogP contribution in [0.4, 0.5) is 5.69 Å². The van der Waals surface area contributed by atoms with Crippen LogP contribution in [-0.2, 0) is 14.8 Å². The minimum absolute atomic E-state index is 0.00923. The number of hydrogen-bond acceptors (Lipinski definition) is 3. The topological polar surface area (TPSA) is 66.5 Å². The number of amides is 1. The number of nitrogens with one attached hydrogen (secondary N) is 1. The molecule has 1 aromatic rings. The Kier molecular flexibility index (Phi) is 6.00. The Morgan fingerprint density at radius 3 is 2.36 bits per heavy atom. The molecule has 6 heteroatoms. The van der Waals surface area contributed by atoms with Crippen molar-refractivity contribution in [2.45, 2.75) is 53.1 Å². The first kappa shape index (κ1) is 18.5. The molecule has 5 nitrogen and oxygen atoms in total. The molecule has 1 amide bonds. The van der Waals surface area contributed by atoms with Crippen molar-refractivity contribution >= 4 is 21.6 Å². The van der Waals surface area contributed by atoms with Gasteiger partial charge in [-0.15, -0.1) is 0 Å². The van der Waals surface area contributed by atoms with E-state index in [0.29, 0.717) is 5.69 Å². The van der Waals surface area contributed by atoms with E-state index >= 15 is 0 Å². The van der Waals surface area contributed by atoms with Crippen molar-refractivity contribution in [3.8, 4) is 0 Å². The molecule has 0 spiro atoms. The summed E-state index contributed by atoms with van der Waals surface area (Å²) in [7, 11) is -3.57. The Labute approximate surface area is 133 Å². The van der Waals surface area contributed by atoms with Crippen molar-refractivity contribution in [1.82, 2.24) is 5.32 Å². The number of sulfonamides is 1. The van der Waals surface area contributed by atoms with Crippen LogP contribution in [-0.4, -0.2) is 32.7 Å². The Morgan fingerprint density at radius 1 is 1.27 bits per heavy atom. The predicted molar refractivity (Wildman–Crippen MR) is 90.6 cm³/mol. The molecule has 0 aliphatic carbocycles. The lowest BCUT2D eigenvalue weighted by atomic mass is 10.1. The summed E-state index contributed by atoms with van der Waals surface area (Å²) in [6.45, 7) is 9.21. The first-order chi connectivity index (χ1) is 10.1. The molecule has 0 saturated carbocycles. The van der Waals surface area contributed by atoms with Crippen molar-refractivity contribution in [1.29, 1.82) is 0 Å². The Balaban J connectivity index is 3.25. The normalized spacial score (nSPS) is 14.3. The number of anilines is 1. The summed E-state index contributed by atoms with van der Waals surface area (Å²) in [6.07, 6.45) is 1.92. The van der Waals surface area contributed by atoms with Gasteiger partial charge in [-0.25, -0.2) is 8.42 Å². The number of carbonyl (C=O) groups is 1. The monoisotopic (exact) mass is 326 g/mol. The summed E-state index contributed by atoms with van der Waals surface area (Å²) >= 11 is 0. The number of carbonyl (C=O) groups excluding carboxylic acids is 1. The van der Waals surface area contributed by atoms with E-state index in [1.165, 1.54) is 4.31 Å². The third kappa shape index (κ3) is 4.47. The third-order valence-electron chi connectivity index (χ3n) is 3.69. The van der Waals surface area contributed by atoms with E-state index in [1.807, 2.05) is 39.8 Å². The summed E-state index contributed by atoms with van der Waals surface area (Å²) in [4.78, 5) is 12.4. The summed E-state index contributed by atoms with van der Waals surface area (Å²) in [5.41, 5.74) is 2.32. The van der Waals surface area contributed by atoms with Crippen molar-refractivity contribution < 1.29 is 13.2 Å². The molecule has 0 bridgehead atoms. The fourth-order valence-corrected chi connectivity index (χ4v) is 3.43. The maximum atomic E-state index is 12.4. The SMILES string of the molecule is CC[C@H](C)NC(=O)[C@@H](C)N(c1cc(C)ccc1C)S(C)(=O)=O. The van der Waals surface area contributed by atoms with E-state index in [1.54, 1.807) is 13.0 Å². The van der Waals surface area contributed by atoms with Gasteiger partial charge in [0.05, 0.1) is 11.9 Å². The quantitative estimate of drug-likeness (QED) is 0.873. The molecule has 22 heavy (non-hydrogen) atoms. The number of hydrogen-bond donors (Lipinski definition) is 1. The Hall–Kier alpha value is -1.56. The van der Waals surface area contributed by atoms with Gasteiger partial charge < -0.3 is 5.32 Å². The molecule has 124 valence electrons. The Bertz CT molecular complexity index is 641. The molecule has 0 heterocycles. The average molecular weight is 326 g/mol. The number of benzene rings is 1. The first-order valence-corrected chi connectivity index (χ1v) is 9.29. The number of rotatable bonds is 6. The Morgan fingerprint density at radius 2 is 1.86 bits per heavy atom. The molecule has 0 aromatic heterocycles. The van der Waals surface area contributed by atoms with Crippen LogP contribution in [0.15, 0.2) is 18.2 Å². The van der Waals surface area contributed by atoms with E-state index in [9.17, 15) is 13.2 Å². The first-order valence-electron chi connectivity index (χ1n) is 7.45. The molecule has 1 aromatic carbocycles. The molecule has 1 rings (SSSR count). The highest BCUT2D eigenvalue weighted by atomic mass is 32.2. The summed E-state index contributed by atoms with van der Waals surface area (Å²) in [5.74, 6) is -0.291. The maximum absolute atomic E-state index is 12.4. The van der Waals surface area contributed by atoms with Gasteiger partial charge in [-0.1, -0.05) is 19.1 Å². The lowest BCUT2D eigenvalue weighted by molar-refractivity contribution is -0.122. The zero-order valence-electron chi connectivity index (χ0n) is 14.2. The van der Waals surface area contributed by atoms with Crippen LogP contribution in [0.2, 0.25) is 0 Å². The minimum atomic E-state index is -3.57. The van der Waals surface area contributed by atoms with E-state index in [2.05, 4.69) is 5.32 Å². The molecule has 0 unspecified atom stereocenters. The van der Waals surface area contributed by atoms with E-state index in [-0.39, 0.29) is 11.9 Å². The molecule has 0 aliphatic heterocycles. The van der Waals surface area contributed by atoms with Crippen molar-refractivity contribution in [2.75, 3.05) is 10.6 Å². The van der Waals surface area contributed by atoms with Gasteiger partial charge in [0.2, 0.25) is 15.9 Å². The fraction of sp³-hybridized carbons (Fsp3) is 0.562. The molecule has 0 saturated heterocycles. The van der Waals surface area contributed by atoms with Gasteiger partial charge in [-0.3, -0.25) is 9.10 Å². The highest BCUT2D eigenvalue weighted by molar-refractivity contribution is 7.92. The maximum Gasteiger partial charge on any atom is 0.243 e. The summed E-state index contributed by atoms with van der Waals surface area (Å²) < 4.78 is 25.7. The minimum Gasteiger partial charge on any atom is -0.352 e. The van der Waals surface area contributed by atoms with Gasteiger partial charge in [-0.05, 0) is 51.3 Å². The molecule has 1 N–H and O–H groups in total. The molecular weight excluding hydrogens is 300 g/mol. The zero-order valence-corrected chi connectivity index (χ0v) is 15.0. The standard InChI is InChI=1S/C16H26N2O3S/c1-7-13(4)17-16(19)14(5)18(22(6,20)21)15-10-11(2)8-9-12(15)3/h8-10,13-14H,7H2,1-6H3,(H,17,19)/t13-,14+/m0/s1. The second-order valence-corrected chi connectivity index (χ2v) is 7.70. The highest BCUT2D eigenvalue weighted by Gasteiger charge is 2.30. The smallest absolute Gasteiger partial charge is 0.243 e. The lowest BCUT2D eigenvalue weighted by Crippen LogP contribution is -2.50. The highest BCUT2D eigenvalue weighted by Crippen LogP contribution is 2.26. The third-order valence-corrected chi connectivity index (χ3v) is 4.92. The van der Waals surface area contributed by atoms with Gasteiger partial charge in [0.1, 0.15) is 6.04 Å². The fourth-order valence-electron chi connectivity index (χ4n) is 2.20. The van der Waals surface area contributed by atoms with Crippen LogP contribution < -0.4 is 9.62 Å². The van der Waals surface area contributed by atoms with Gasteiger partial charge in [0, 0.05) is 6.04 Å². The largest absolute Gasteiger partial charge is 0.352 e. The summed E-state index contributed by atoms with van der Waals surface area (Å²) in [5, 5.41) is 2.84. The van der Waals surface area contributed by atoms with Gasteiger partial charge in [-0.2, -0.15) is 0 Å². The van der Waals surface area contributed by atoms with Crippen molar-refractivity contribution in [2.24, 2.45) is 0 Å². The number of aryl methyl sites for hydroxylation is 2. The van der Waals surface area contributed by atoms with E-state index in [0.717, 1.165) is 23.8 Å². The van der Waals surface area contributed by atoms with Crippen molar-refractivity contribution in [3.63, 3.8) is 0 Å². The lowest BCUT2D eigenvalue weighted by Gasteiger charge is -2.30. The predicted octanol–water partition coefficient (Wildman–Crippen LogP) is 2.37. The van der Waals surface area contributed by atoms with E-state index < -0.39 is 16.1 Å². The number of nitrogens with zero attached hydrogens (tertiary/aromatic N) is 1. The molecule has 2 atom stereocenters. The molecule has 0 radical (unpaired) electrons. The summed E-state index contributed by atoms with van der Waals surface area (Å²) in [6, 6.07) is 4.79. The van der Waals surface area contributed by atoms with Gasteiger partial charge in [0.15, 0.2) is 0 Å². The van der Waals surface area contributed by atoms with Crippen LogP contribution in [0.25, 0.3) is 0 Å². The zero-order chi connectivity index (χ0) is 17.1. The van der Waals surface area contributed by atoms with Crippen LogP contribution >= 0.6 is 0 Å². The second kappa shape index (κ2) is 7.13. The van der Waals surface area contributed by atoms with Crippen LogP contribution in [0.5, 0.6) is 0 Å². The average Bonchev–Trinajstić information content (AvgIpc) is 2.41. The molecule has 0 aliphatic rings.